The molecule has 1 aromatic heterocycles. The predicted octanol–water partition coefficient (Wildman–Crippen LogP) is 5.69. The topological polar surface area (TPSA) is 215 Å². The number of ether oxygens (including phenoxy) is 5. The predicted molar refractivity (Wildman–Crippen MR) is 215 cm³/mol. The van der Waals surface area contributed by atoms with E-state index in [1.807, 2.05) is 78.9 Å². The lowest BCUT2D eigenvalue weighted by Gasteiger charge is -2.19. The third kappa shape index (κ3) is 16.9. The molecule has 2 amide bonds. The van der Waals surface area contributed by atoms with Crippen molar-refractivity contribution in [2.45, 2.75) is 31.7 Å². The van der Waals surface area contributed by atoms with Gasteiger partial charge in [-0.25, -0.2) is 4.98 Å². The monoisotopic (exact) mass is 785 g/mol. The van der Waals surface area contributed by atoms with Crippen molar-refractivity contribution in [3.05, 3.63) is 101 Å². The number of nitrogens with one attached hydrogen (secondary N) is 3. The third-order valence-corrected chi connectivity index (χ3v) is 8.47. The number of azide groups is 1. The van der Waals surface area contributed by atoms with Crippen LogP contribution in [0, 0.1) is 0 Å². The lowest BCUT2D eigenvalue weighted by Crippen LogP contribution is -2.39. The van der Waals surface area contributed by atoms with Gasteiger partial charge in [-0.2, -0.15) is 0 Å². The van der Waals surface area contributed by atoms with Crippen molar-refractivity contribution in [3.63, 3.8) is 0 Å². The smallest absolute Gasteiger partial charge is 0.305 e. The van der Waals surface area contributed by atoms with E-state index in [0.717, 1.165) is 39.9 Å². The number of carboxylic acid groups (broad SMARTS) is 1. The Kier molecular flexibility index (Phi) is 20.2. The van der Waals surface area contributed by atoms with E-state index in [1.165, 1.54) is 0 Å². The second-order valence-electron chi connectivity index (χ2n) is 12.6. The van der Waals surface area contributed by atoms with Gasteiger partial charge in [0.05, 0.1) is 71.9 Å². The van der Waals surface area contributed by atoms with E-state index in [0.29, 0.717) is 84.5 Å². The van der Waals surface area contributed by atoms with Gasteiger partial charge >= 0.3 is 5.97 Å². The first-order valence-corrected chi connectivity index (χ1v) is 18.9. The summed E-state index contributed by atoms with van der Waals surface area (Å²) >= 11 is 0. The van der Waals surface area contributed by atoms with Gasteiger partial charge in [0.25, 0.3) is 0 Å². The number of aliphatic carboxylic acids is 1. The van der Waals surface area contributed by atoms with E-state index in [4.69, 9.17) is 29.2 Å². The number of hydrogen-bond acceptors (Lipinski definition) is 11. The molecule has 3 aromatic carbocycles. The van der Waals surface area contributed by atoms with Gasteiger partial charge in [-0.3, -0.25) is 14.4 Å². The molecule has 57 heavy (non-hydrogen) atoms. The standard InChI is InChI=1S/C41H51N7O9/c42-48-46-19-20-53-21-22-54-23-24-55-25-26-56-27-28-57-37-16-15-33(34-7-1-2-8-35(34)37)31-11-13-32(14-12-31)36(29-41(51)52)47-40(50)30-45-39(49)10-4-6-18-44-38-9-3-5-17-43-38/h1-3,5,7-9,11-17,36H,4,6,10,18-30H2,(H,43,44)(H,45,49)(H,47,50)(H,51,52). The van der Waals surface area contributed by atoms with Crippen LogP contribution in [0.2, 0.25) is 0 Å². The van der Waals surface area contributed by atoms with Crippen LogP contribution in [-0.4, -0.2) is 107 Å². The first kappa shape index (κ1) is 44.0. The Morgan fingerprint density at radius 1 is 0.754 bits per heavy atom. The van der Waals surface area contributed by atoms with Crippen molar-refractivity contribution in [3.8, 4) is 16.9 Å². The van der Waals surface area contributed by atoms with Crippen LogP contribution in [0.3, 0.4) is 0 Å². The van der Waals surface area contributed by atoms with E-state index in [-0.39, 0.29) is 25.3 Å². The molecule has 0 bridgehead atoms. The van der Waals surface area contributed by atoms with Gasteiger partial charge in [0, 0.05) is 36.0 Å². The van der Waals surface area contributed by atoms with Crippen LogP contribution in [0.15, 0.2) is 90.2 Å². The SMILES string of the molecule is [N-]=[N+]=NCCOCCOCCOCCOCCOc1ccc(-c2ccc(C(CC(=O)O)NC(=O)CNC(=O)CCCCNc3ccccn3)cc2)c2ccccc12. The van der Waals surface area contributed by atoms with Gasteiger partial charge in [-0.1, -0.05) is 65.8 Å². The Morgan fingerprint density at radius 3 is 2.09 bits per heavy atom. The number of unbranched alkanes of at least 4 members (excludes halogenated alkanes) is 1. The molecule has 16 heteroatoms. The maximum absolute atomic E-state index is 12.8. The molecule has 4 N–H and O–H groups in total. The van der Waals surface area contributed by atoms with E-state index in [9.17, 15) is 19.5 Å². The zero-order valence-electron chi connectivity index (χ0n) is 32.0. The van der Waals surface area contributed by atoms with Crippen LogP contribution in [0.25, 0.3) is 32.3 Å². The fourth-order valence-electron chi connectivity index (χ4n) is 5.70. The van der Waals surface area contributed by atoms with Crippen molar-refractivity contribution < 1.29 is 43.2 Å². The van der Waals surface area contributed by atoms with Gasteiger partial charge in [0.2, 0.25) is 11.8 Å². The first-order chi connectivity index (χ1) is 27.9. The lowest BCUT2D eigenvalue weighted by atomic mass is 9.95. The van der Waals surface area contributed by atoms with Crippen molar-refractivity contribution in [2.24, 2.45) is 5.11 Å². The molecule has 0 saturated heterocycles. The average Bonchev–Trinajstić information content (AvgIpc) is 3.22. The number of carbonyl (C=O) groups is 3. The molecule has 304 valence electrons. The largest absolute Gasteiger partial charge is 0.491 e. The second-order valence-corrected chi connectivity index (χ2v) is 12.6. The molecule has 4 aromatic rings. The molecule has 0 fully saturated rings. The van der Waals surface area contributed by atoms with Crippen LogP contribution >= 0.6 is 0 Å². The van der Waals surface area contributed by atoms with E-state index in [2.05, 4.69) is 31.0 Å². The zero-order chi connectivity index (χ0) is 40.3. The van der Waals surface area contributed by atoms with Crippen molar-refractivity contribution in [2.75, 3.05) is 84.4 Å². The Morgan fingerprint density at radius 2 is 1.42 bits per heavy atom. The minimum Gasteiger partial charge on any atom is -0.491 e. The Balaban J connectivity index is 1.18. The van der Waals surface area contributed by atoms with E-state index < -0.39 is 17.9 Å². The Hall–Kier alpha value is -5.77. The summed E-state index contributed by atoms with van der Waals surface area (Å²) in [5, 5.41) is 23.5. The molecule has 0 aliphatic heterocycles. The van der Waals surface area contributed by atoms with Gasteiger partial charge in [-0.05, 0) is 58.6 Å². The molecule has 4 rings (SSSR count). The van der Waals surface area contributed by atoms with Crippen LogP contribution in [0.5, 0.6) is 5.75 Å². The highest BCUT2D eigenvalue weighted by Crippen LogP contribution is 2.35. The average molecular weight is 786 g/mol. The van der Waals surface area contributed by atoms with Gasteiger partial charge in [0.1, 0.15) is 18.2 Å². The maximum atomic E-state index is 12.8. The van der Waals surface area contributed by atoms with Gasteiger partial charge in [-0.15, -0.1) is 0 Å². The summed E-state index contributed by atoms with van der Waals surface area (Å²) in [4.78, 5) is 43.7. The van der Waals surface area contributed by atoms with Crippen LogP contribution in [0.1, 0.15) is 37.3 Å². The molecule has 16 nitrogen and oxygen atoms in total. The van der Waals surface area contributed by atoms with Crippen LogP contribution < -0.4 is 20.7 Å². The fraction of sp³-hybridized carbons (Fsp3) is 0.415. The normalized spacial score (nSPS) is 11.4. The van der Waals surface area contributed by atoms with Crippen molar-refractivity contribution in [1.29, 1.82) is 0 Å². The van der Waals surface area contributed by atoms with E-state index in [1.54, 1.807) is 6.20 Å². The summed E-state index contributed by atoms with van der Waals surface area (Å²) in [5.41, 5.74) is 10.7. The number of rotatable bonds is 29. The molecule has 0 aliphatic carbocycles. The summed E-state index contributed by atoms with van der Waals surface area (Å²) in [5.74, 6) is -0.291. The Labute approximate surface area is 331 Å². The molecule has 1 heterocycles. The molecule has 0 spiro atoms. The molecule has 0 radical (unpaired) electrons. The van der Waals surface area contributed by atoms with Gasteiger partial charge < -0.3 is 44.7 Å². The molecule has 1 atom stereocenters. The zero-order valence-corrected chi connectivity index (χ0v) is 32.0. The minimum atomic E-state index is -1.06. The van der Waals surface area contributed by atoms with Crippen LogP contribution in [-0.2, 0) is 33.3 Å². The summed E-state index contributed by atoms with van der Waals surface area (Å²) in [6.45, 7) is 4.41. The number of fused-ring (bicyclic) bond motifs is 1. The number of pyridine rings is 1. The molecule has 0 aliphatic rings. The third-order valence-electron chi connectivity index (χ3n) is 8.47. The summed E-state index contributed by atoms with van der Waals surface area (Å²) in [6, 6.07) is 24.0. The number of benzene rings is 3. The Bertz CT molecular complexity index is 1860. The molecule has 1 unspecified atom stereocenters. The van der Waals surface area contributed by atoms with Gasteiger partial charge in [0.15, 0.2) is 0 Å². The minimum absolute atomic E-state index is 0.250. The van der Waals surface area contributed by atoms with E-state index >= 15 is 0 Å². The summed E-state index contributed by atoms with van der Waals surface area (Å²) in [6.07, 6.45) is 3.05. The highest BCUT2D eigenvalue weighted by molar-refractivity contribution is 6.00. The number of aromatic nitrogens is 1. The highest BCUT2D eigenvalue weighted by Gasteiger charge is 2.19. The second kappa shape index (κ2) is 26.2. The number of carboxylic acids is 1. The van der Waals surface area contributed by atoms with Crippen molar-refractivity contribution in [1.82, 2.24) is 15.6 Å². The number of amides is 2. The molecule has 0 saturated carbocycles. The number of nitrogens with zero attached hydrogens (tertiary/aromatic N) is 4. The molecular weight excluding hydrogens is 734 g/mol. The highest BCUT2D eigenvalue weighted by atomic mass is 16.6. The summed E-state index contributed by atoms with van der Waals surface area (Å²) in [7, 11) is 0. The number of carbonyl (C=O) groups excluding carboxylic acids is 2. The van der Waals surface area contributed by atoms with Crippen molar-refractivity contribution >= 4 is 34.4 Å². The molecular formula is C41H51N7O9. The first-order valence-electron chi connectivity index (χ1n) is 18.9. The summed E-state index contributed by atoms with van der Waals surface area (Å²) < 4.78 is 27.9. The fourth-order valence-corrected chi connectivity index (χ4v) is 5.70. The lowest BCUT2D eigenvalue weighted by molar-refractivity contribution is -0.138. The maximum Gasteiger partial charge on any atom is 0.305 e. The number of anilines is 1. The number of hydrogen-bond donors (Lipinski definition) is 4. The van der Waals surface area contributed by atoms with Crippen LogP contribution in [0.4, 0.5) is 5.82 Å². The quantitative estimate of drug-likeness (QED) is 0.0227.